The van der Waals surface area contributed by atoms with Crippen LogP contribution in [0, 0.1) is 11.8 Å². The summed E-state index contributed by atoms with van der Waals surface area (Å²) in [7, 11) is 1.76. The first-order chi connectivity index (χ1) is 15.3. The van der Waals surface area contributed by atoms with E-state index in [4.69, 9.17) is 9.72 Å². The lowest BCUT2D eigenvalue weighted by Gasteiger charge is -2.57. The molecule has 6 heteroatoms. The van der Waals surface area contributed by atoms with Crippen molar-refractivity contribution in [2.45, 2.75) is 44.2 Å². The number of ether oxygens (including phenoxy) is 1. The summed E-state index contributed by atoms with van der Waals surface area (Å²) < 4.78 is 5.50. The number of hydrogen-bond acceptors (Lipinski definition) is 5. The molecule has 3 saturated heterocycles. The molecule has 6 rings (SSSR count). The van der Waals surface area contributed by atoms with Crippen molar-refractivity contribution < 1.29 is 4.74 Å². The highest BCUT2D eigenvalue weighted by Gasteiger charge is 2.47. The average molecular weight is 418 g/mol. The molecule has 3 aromatic rings. The van der Waals surface area contributed by atoms with Crippen LogP contribution in [0.2, 0.25) is 0 Å². The number of rotatable bonds is 4. The standard InChI is InChI=1S/C25H31N5O/c1-31-20-6-4-5-17(11-20)12-23-19-13-18(22-7-2-3-10-30(22)23)14-29(15-19)25-24-21(8-9-26-24)27-16-28-25/h4-6,8-9,11,16,18-19,22-23,26H,2-3,7,10,12-15H2,1H3/t18-,19+,22+,23+/m1/s1. The van der Waals surface area contributed by atoms with Gasteiger partial charge in [0.2, 0.25) is 0 Å². The van der Waals surface area contributed by atoms with E-state index in [1.165, 1.54) is 37.8 Å². The van der Waals surface area contributed by atoms with Crippen LogP contribution in [0.1, 0.15) is 31.2 Å². The van der Waals surface area contributed by atoms with E-state index in [-0.39, 0.29) is 0 Å². The second-order valence-electron chi connectivity index (χ2n) is 9.52. The third kappa shape index (κ3) is 3.37. The molecule has 31 heavy (non-hydrogen) atoms. The lowest BCUT2D eigenvalue weighted by Crippen LogP contribution is -2.64. The van der Waals surface area contributed by atoms with Crippen molar-refractivity contribution in [3.05, 3.63) is 48.4 Å². The van der Waals surface area contributed by atoms with Crippen LogP contribution in [0.4, 0.5) is 5.82 Å². The third-order valence-electron chi connectivity index (χ3n) is 7.83. The summed E-state index contributed by atoms with van der Waals surface area (Å²) >= 11 is 0. The summed E-state index contributed by atoms with van der Waals surface area (Å²) in [4.78, 5) is 18.0. The summed E-state index contributed by atoms with van der Waals surface area (Å²) in [5.41, 5.74) is 3.47. The van der Waals surface area contributed by atoms with E-state index in [0.717, 1.165) is 48.0 Å². The second-order valence-corrected chi connectivity index (χ2v) is 9.52. The Bertz CT molecular complexity index is 1060. The Morgan fingerprint density at radius 1 is 1.13 bits per heavy atom. The number of fused-ring (bicyclic) bond motifs is 5. The zero-order valence-electron chi connectivity index (χ0n) is 18.2. The fourth-order valence-corrected chi connectivity index (χ4v) is 6.50. The maximum atomic E-state index is 5.50. The maximum Gasteiger partial charge on any atom is 0.156 e. The molecule has 6 nitrogen and oxygen atoms in total. The number of hydrogen-bond donors (Lipinski definition) is 1. The van der Waals surface area contributed by atoms with Crippen molar-refractivity contribution in [3.63, 3.8) is 0 Å². The van der Waals surface area contributed by atoms with Crippen LogP contribution in [0.5, 0.6) is 5.75 Å². The molecular formula is C25H31N5O. The predicted octanol–water partition coefficient (Wildman–Crippen LogP) is 3.89. The summed E-state index contributed by atoms with van der Waals surface area (Å²) in [6, 6.07) is 12.0. The van der Waals surface area contributed by atoms with Gasteiger partial charge in [-0.3, -0.25) is 4.90 Å². The van der Waals surface area contributed by atoms with Crippen LogP contribution in [-0.4, -0.2) is 58.7 Å². The van der Waals surface area contributed by atoms with Crippen molar-refractivity contribution in [2.75, 3.05) is 31.6 Å². The van der Waals surface area contributed by atoms with Gasteiger partial charge in [-0.1, -0.05) is 18.6 Å². The van der Waals surface area contributed by atoms with Gasteiger partial charge in [-0.15, -0.1) is 0 Å². The molecule has 0 spiro atoms. The predicted molar refractivity (Wildman–Crippen MR) is 123 cm³/mol. The number of piperidine rings is 3. The lowest BCUT2D eigenvalue weighted by molar-refractivity contribution is -0.0318. The van der Waals surface area contributed by atoms with Crippen molar-refractivity contribution in [2.24, 2.45) is 11.8 Å². The normalized spacial score (nSPS) is 28.5. The lowest BCUT2D eigenvalue weighted by atomic mass is 9.71. The second kappa shape index (κ2) is 7.83. The van der Waals surface area contributed by atoms with Gasteiger partial charge in [0.15, 0.2) is 5.82 Å². The molecule has 0 aliphatic carbocycles. The molecule has 0 amide bonds. The Morgan fingerprint density at radius 2 is 2.06 bits per heavy atom. The zero-order chi connectivity index (χ0) is 20.8. The quantitative estimate of drug-likeness (QED) is 0.698. The minimum absolute atomic E-state index is 0.581. The van der Waals surface area contributed by atoms with Crippen LogP contribution >= 0.6 is 0 Å². The molecule has 3 fully saturated rings. The average Bonchev–Trinajstić information content (AvgIpc) is 3.31. The molecule has 2 bridgehead atoms. The Kier molecular flexibility index (Phi) is 4.82. The summed E-state index contributed by atoms with van der Waals surface area (Å²) in [5.74, 6) is 3.41. The minimum Gasteiger partial charge on any atom is -0.497 e. The smallest absolute Gasteiger partial charge is 0.156 e. The van der Waals surface area contributed by atoms with Crippen molar-refractivity contribution >= 4 is 16.9 Å². The highest BCUT2D eigenvalue weighted by molar-refractivity contribution is 5.85. The summed E-state index contributed by atoms with van der Waals surface area (Å²) in [5, 5.41) is 0. The van der Waals surface area contributed by atoms with Gasteiger partial charge in [0, 0.05) is 31.4 Å². The highest BCUT2D eigenvalue weighted by atomic mass is 16.5. The molecule has 1 N–H and O–H groups in total. The Labute approximate surface area is 183 Å². The number of H-pyrrole nitrogens is 1. The minimum atomic E-state index is 0.581. The maximum absolute atomic E-state index is 5.50. The molecule has 0 unspecified atom stereocenters. The van der Waals surface area contributed by atoms with Crippen LogP contribution in [0.3, 0.4) is 0 Å². The van der Waals surface area contributed by atoms with Crippen molar-refractivity contribution in [3.8, 4) is 5.75 Å². The molecule has 162 valence electrons. The third-order valence-corrected chi connectivity index (χ3v) is 7.83. The molecule has 0 radical (unpaired) electrons. The van der Waals surface area contributed by atoms with Gasteiger partial charge < -0.3 is 14.6 Å². The van der Waals surface area contributed by atoms with Crippen LogP contribution < -0.4 is 9.64 Å². The Balaban J connectivity index is 1.33. The molecule has 1 aromatic carbocycles. The molecule has 3 aliphatic rings. The monoisotopic (exact) mass is 417 g/mol. The first kappa shape index (κ1) is 19.1. The van der Waals surface area contributed by atoms with E-state index in [2.05, 4.69) is 38.0 Å². The van der Waals surface area contributed by atoms with Gasteiger partial charge >= 0.3 is 0 Å². The number of benzene rings is 1. The van der Waals surface area contributed by atoms with E-state index in [1.54, 1.807) is 13.4 Å². The first-order valence-electron chi connectivity index (χ1n) is 11.7. The number of methoxy groups -OCH3 is 1. The fraction of sp³-hybridized carbons (Fsp3) is 0.520. The molecular weight excluding hydrogens is 386 g/mol. The SMILES string of the molecule is COc1cccc(C[C@H]2[C@H]3C[C@H](CN(c4ncnc5cc[nH]c45)C3)[C@@H]3CCCCN32)c1. The Hall–Kier alpha value is -2.60. The van der Waals surface area contributed by atoms with Gasteiger partial charge in [-0.05, 0) is 67.8 Å². The largest absolute Gasteiger partial charge is 0.497 e. The number of aromatic nitrogens is 3. The van der Waals surface area contributed by atoms with Crippen molar-refractivity contribution in [1.82, 2.24) is 19.9 Å². The fourth-order valence-electron chi connectivity index (χ4n) is 6.50. The van der Waals surface area contributed by atoms with Crippen molar-refractivity contribution in [1.29, 1.82) is 0 Å². The molecule has 2 aromatic heterocycles. The summed E-state index contributed by atoms with van der Waals surface area (Å²) in [6.07, 6.45) is 10.2. The van der Waals surface area contributed by atoms with E-state index >= 15 is 0 Å². The van der Waals surface area contributed by atoms with Crippen LogP contribution in [-0.2, 0) is 6.42 Å². The van der Waals surface area contributed by atoms with Gasteiger partial charge in [-0.2, -0.15) is 0 Å². The number of aromatic amines is 1. The number of anilines is 1. The topological polar surface area (TPSA) is 57.3 Å². The van der Waals surface area contributed by atoms with Gasteiger partial charge in [-0.25, -0.2) is 9.97 Å². The van der Waals surface area contributed by atoms with Crippen LogP contribution in [0.15, 0.2) is 42.9 Å². The van der Waals surface area contributed by atoms with E-state index in [0.29, 0.717) is 18.0 Å². The number of nitrogens with one attached hydrogen (secondary N) is 1. The molecule has 4 atom stereocenters. The number of nitrogens with zero attached hydrogens (tertiary/aromatic N) is 4. The zero-order valence-corrected chi connectivity index (χ0v) is 18.2. The van der Waals surface area contributed by atoms with E-state index < -0.39 is 0 Å². The Morgan fingerprint density at radius 3 is 3.00 bits per heavy atom. The molecule has 0 saturated carbocycles. The van der Waals surface area contributed by atoms with Gasteiger partial charge in [0.25, 0.3) is 0 Å². The molecule has 3 aliphatic heterocycles. The molecule has 5 heterocycles. The van der Waals surface area contributed by atoms with E-state index in [1.807, 2.05) is 18.3 Å². The highest BCUT2D eigenvalue weighted by Crippen LogP contribution is 2.43. The summed E-state index contributed by atoms with van der Waals surface area (Å²) in [6.45, 7) is 3.43. The first-order valence-corrected chi connectivity index (χ1v) is 11.7. The van der Waals surface area contributed by atoms with Gasteiger partial charge in [0.05, 0.1) is 12.6 Å². The van der Waals surface area contributed by atoms with Gasteiger partial charge in [0.1, 0.15) is 17.6 Å². The van der Waals surface area contributed by atoms with Crippen LogP contribution in [0.25, 0.3) is 11.0 Å². The van der Waals surface area contributed by atoms with E-state index in [9.17, 15) is 0 Å².